The number of sulfonamides is 1. The summed E-state index contributed by atoms with van der Waals surface area (Å²) in [5.74, 6) is 0.495. The predicted octanol–water partition coefficient (Wildman–Crippen LogP) is 3.12. The minimum Gasteiger partial charge on any atom is -0.212 e. The van der Waals surface area contributed by atoms with Gasteiger partial charge in [-0.3, -0.25) is 0 Å². The summed E-state index contributed by atoms with van der Waals surface area (Å²) in [7, 11) is -3.13. The molecule has 0 saturated carbocycles. The summed E-state index contributed by atoms with van der Waals surface area (Å²) in [6.07, 6.45) is 2.19. The third kappa shape index (κ3) is 5.87. The van der Waals surface area contributed by atoms with Crippen LogP contribution >= 0.6 is 0 Å². The number of hydrogen-bond acceptors (Lipinski definition) is 2. The molecule has 0 aliphatic carbocycles. The molecule has 0 bridgehead atoms. The van der Waals surface area contributed by atoms with Crippen molar-refractivity contribution in [2.45, 2.75) is 60.4 Å². The Morgan fingerprint density at radius 3 is 1.71 bits per heavy atom. The van der Waals surface area contributed by atoms with Crippen molar-refractivity contribution in [3.8, 4) is 0 Å². The van der Waals surface area contributed by atoms with E-state index in [9.17, 15) is 8.42 Å². The van der Waals surface area contributed by atoms with Gasteiger partial charge in [0.15, 0.2) is 0 Å². The lowest BCUT2D eigenvalue weighted by atomic mass is 9.80. The van der Waals surface area contributed by atoms with Crippen LogP contribution in [-0.2, 0) is 10.0 Å². The SMILES string of the molecule is C[C@@H](CCN(C(C)(C)C)S(C)(=O)=O)C(C)(C)C. The molecule has 0 amide bonds. The van der Waals surface area contributed by atoms with Crippen LogP contribution in [-0.4, -0.2) is 31.1 Å². The van der Waals surface area contributed by atoms with E-state index in [1.54, 1.807) is 4.31 Å². The average Bonchev–Trinajstić information content (AvgIpc) is 1.96. The van der Waals surface area contributed by atoms with Crippen LogP contribution in [0.25, 0.3) is 0 Å². The molecule has 0 aliphatic heterocycles. The van der Waals surface area contributed by atoms with Crippen molar-refractivity contribution in [3.63, 3.8) is 0 Å². The van der Waals surface area contributed by atoms with Gasteiger partial charge < -0.3 is 0 Å². The van der Waals surface area contributed by atoms with Crippen LogP contribution in [0.5, 0.6) is 0 Å². The molecule has 0 rings (SSSR count). The number of rotatable bonds is 4. The van der Waals surface area contributed by atoms with E-state index in [0.29, 0.717) is 12.5 Å². The molecule has 0 aromatic heterocycles. The molecule has 0 saturated heterocycles. The van der Waals surface area contributed by atoms with Gasteiger partial charge in [0.05, 0.1) is 6.26 Å². The first-order chi connectivity index (χ1) is 7.26. The topological polar surface area (TPSA) is 37.4 Å². The van der Waals surface area contributed by atoms with Crippen LogP contribution in [0.2, 0.25) is 0 Å². The monoisotopic (exact) mass is 263 g/mol. The van der Waals surface area contributed by atoms with Gasteiger partial charge in [-0.05, 0) is 38.5 Å². The van der Waals surface area contributed by atoms with Gasteiger partial charge in [0.2, 0.25) is 10.0 Å². The van der Waals surface area contributed by atoms with Crippen molar-refractivity contribution < 1.29 is 8.42 Å². The summed E-state index contributed by atoms with van der Waals surface area (Å²) < 4.78 is 25.1. The lowest BCUT2D eigenvalue weighted by molar-refractivity contribution is 0.192. The maximum absolute atomic E-state index is 11.8. The van der Waals surface area contributed by atoms with Gasteiger partial charge in [-0.1, -0.05) is 27.7 Å². The first-order valence-electron chi connectivity index (χ1n) is 6.24. The molecular formula is C13H29NO2S. The number of nitrogens with zero attached hydrogens (tertiary/aromatic N) is 1. The molecule has 4 heteroatoms. The molecule has 3 nitrogen and oxygen atoms in total. The fourth-order valence-electron chi connectivity index (χ4n) is 1.74. The van der Waals surface area contributed by atoms with E-state index in [0.717, 1.165) is 6.42 Å². The van der Waals surface area contributed by atoms with Gasteiger partial charge in [0.25, 0.3) is 0 Å². The Labute approximate surface area is 108 Å². The van der Waals surface area contributed by atoms with Crippen LogP contribution in [0.3, 0.4) is 0 Å². The van der Waals surface area contributed by atoms with Crippen LogP contribution in [0.4, 0.5) is 0 Å². The van der Waals surface area contributed by atoms with Crippen LogP contribution in [0, 0.1) is 11.3 Å². The van der Waals surface area contributed by atoms with E-state index in [2.05, 4.69) is 27.7 Å². The second-order valence-corrected chi connectivity index (χ2v) is 8.97. The molecule has 0 heterocycles. The highest BCUT2D eigenvalue weighted by Crippen LogP contribution is 2.29. The van der Waals surface area contributed by atoms with Crippen molar-refractivity contribution >= 4 is 10.0 Å². The molecule has 17 heavy (non-hydrogen) atoms. The van der Waals surface area contributed by atoms with Gasteiger partial charge in [0.1, 0.15) is 0 Å². The third-order valence-corrected chi connectivity index (χ3v) is 4.92. The van der Waals surface area contributed by atoms with Crippen molar-refractivity contribution in [2.75, 3.05) is 12.8 Å². The van der Waals surface area contributed by atoms with E-state index < -0.39 is 10.0 Å². The molecule has 0 N–H and O–H groups in total. The molecule has 0 aliphatic rings. The molecule has 1 atom stereocenters. The highest BCUT2D eigenvalue weighted by molar-refractivity contribution is 7.88. The molecule has 104 valence electrons. The maximum Gasteiger partial charge on any atom is 0.211 e. The van der Waals surface area contributed by atoms with Gasteiger partial charge >= 0.3 is 0 Å². The molecule has 0 aromatic rings. The lowest BCUT2D eigenvalue weighted by Gasteiger charge is -2.36. The van der Waals surface area contributed by atoms with Gasteiger partial charge in [0, 0.05) is 12.1 Å². The third-order valence-electron chi connectivity index (χ3n) is 3.39. The van der Waals surface area contributed by atoms with Crippen molar-refractivity contribution in [2.24, 2.45) is 11.3 Å². The lowest BCUT2D eigenvalue weighted by Crippen LogP contribution is -2.46. The smallest absolute Gasteiger partial charge is 0.211 e. The molecular weight excluding hydrogens is 234 g/mol. The maximum atomic E-state index is 11.8. The summed E-state index contributed by atoms with van der Waals surface area (Å²) in [5, 5.41) is 0. The van der Waals surface area contributed by atoms with E-state index in [-0.39, 0.29) is 11.0 Å². The normalized spacial score (nSPS) is 16.3. The molecule has 0 aromatic carbocycles. The fraction of sp³-hybridized carbons (Fsp3) is 1.00. The zero-order valence-corrected chi connectivity index (χ0v) is 13.5. The van der Waals surface area contributed by atoms with Gasteiger partial charge in [-0.25, -0.2) is 8.42 Å². The second-order valence-electron chi connectivity index (χ2n) is 7.06. The summed E-state index contributed by atoms with van der Waals surface area (Å²) in [6.45, 7) is 15.2. The Morgan fingerprint density at radius 1 is 1.06 bits per heavy atom. The molecule has 0 spiro atoms. The quantitative estimate of drug-likeness (QED) is 0.781. The van der Waals surface area contributed by atoms with Crippen molar-refractivity contribution in [1.82, 2.24) is 4.31 Å². The minimum atomic E-state index is -3.13. The highest BCUT2D eigenvalue weighted by atomic mass is 32.2. The van der Waals surface area contributed by atoms with E-state index in [1.165, 1.54) is 6.26 Å². The van der Waals surface area contributed by atoms with Crippen LogP contribution in [0.1, 0.15) is 54.9 Å². The summed E-state index contributed by atoms with van der Waals surface area (Å²) in [4.78, 5) is 0. The Bertz CT molecular complexity index is 333. The van der Waals surface area contributed by atoms with Crippen LogP contribution in [0.15, 0.2) is 0 Å². The van der Waals surface area contributed by atoms with Crippen molar-refractivity contribution in [3.05, 3.63) is 0 Å². The molecule has 0 fully saturated rings. The van der Waals surface area contributed by atoms with E-state index >= 15 is 0 Å². The predicted molar refractivity (Wildman–Crippen MR) is 74.5 cm³/mol. The highest BCUT2D eigenvalue weighted by Gasteiger charge is 2.30. The second kappa shape index (κ2) is 5.27. The van der Waals surface area contributed by atoms with E-state index in [1.807, 2.05) is 20.8 Å². The zero-order valence-electron chi connectivity index (χ0n) is 12.7. The molecule has 0 radical (unpaired) electrons. The Morgan fingerprint density at radius 2 is 1.47 bits per heavy atom. The average molecular weight is 263 g/mol. The van der Waals surface area contributed by atoms with E-state index in [4.69, 9.17) is 0 Å². The first kappa shape index (κ1) is 16.9. The van der Waals surface area contributed by atoms with Gasteiger partial charge in [-0.15, -0.1) is 0 Å². The Hall–Kier alpha value is -0.0900. The Balaban J connectivity index is 4.73. The minimum absolute atomic E-state index is 0.223. The van der Waals surface area contributed by atoms with Crippen LogP contribution < -0.4 is 0 Å². The first-order valence-corrected chi connectivity index (χ1v) is 8.09. The summed E-state index contributed by atoms with van der Waals surface area (Å²) in [5.41, 5.74) is -0.119. The summed E-state index contributed by atoms with van der Waals surface area (Å²) >= 11 is 0. The summed E-state index contributed by atoms with van der Waals surface area (Å²) in [6, 6.07) is 0. The Kier molecular flexibility index (Phi) is 5.24. The fourth-order valence-corrected chi connectivity index (χ4v) is 3.17. The zero-order chi connectivity index (χ0) is 14.1. The standard InChI is InChI=1S/C13H29NO2S/c1-11(12(2,3)4)9-10-14(13(5,6)7)17(8,15)16/h11H,9-10H2,1-8H3/t11-/m0/s1. The largest absolute Gasteiger partial charge is 0.212 e. The van der Waals surface area contributed by atoms with Crippen molar-refractivity contribution in [1.29, 1.82) is 0 Å². The van der Waals surface area contributed by atoms with Gasteiger partial charge in [-0.2, -0.15) is 4.31 Å². The molecule has 0 unspecified atom stereocenters. The number of hydrogen-bond donors (Lipinski definition) is 0.